The van der Waals surface area contributed by atoms with Crippen molar-refractivity contribution in [3.05, 3.63) is 53.8 Å². The van der Waals surface area contributed by atoms with Crippen LogP contribution in [0, 0.1) is 18.8 Å². The van der Waals surface area contributed by atoms with E-state index in [1.165, 1.54) is 36.8 Å². The molecule has 0 radical (unpaired) electrons. The van der Waals surface area contributed by atoms with Crippen molar-refractivity contribution in [2.75, 3.05) is 20.1 Å². The summed E-state index contributed by atoms with van der Waals surface area (Å²) in [4.78, 5) is 6.22. The number of hydrogen-bond acceptors (Lipinski definition) is 3. The summed E-state index contributed by atoms with van der Waals surface area (Å²) >= 11 is 0. The number of hydrogen-bond donors (Lipinski definition) is 0. The molecular weight excluding hydrogens is 332 g/mol. The number of allylic oxidation sites excluding steroid dienone is 1. The topological polar surface area (TPSA) is 24.8 Å². The summed E-state index contributed by atoms with van der Waals surface area (Å²) in [5.74, 6) is 2.42. The average molecular weight is 369 g/mol. The van der Waals surface area contributed by atoms with Crippen LogP contribution in [0.15, 0.2) is 53.2 Å². The van der Waals surface area contributed by atoms with Gasteiger partial charge in [0.25, 0.3) is 0 Å². The van der Waals surface area contributed by atoms with Crippen molar-refractivity contribution >= 4 is 6.72 Å². The first-order valence-electron chi connectivity index (χ1n) is 10.2. The van der Waals surface area contributed by atoms with Crippen molar-refractivity contribution in [2.24, 2.45) is 16.8 Å². The molecule has 0 aromatic heterocycles. The van der Waals surface area contributed by atoms with Gasteiger partial charge in [0.15, 0.2) is 0 Å². The summed E-state index contributed by atoms with van der Waals surface area (Å²) in [6.45, 7) is 12.2. The molecule has 3 nitrogen and oxygen atoms in total. The van der Waals surface area contributed by atoms with Crippen molar-refractivity contribution in [1.82, 2.24) is 4.90 Å². The molecule has 1 fully saturated rings. The van der Waals surface area contributed by atoms with Crippen LogP contribution >= 0.6 is 0 Å². The third kappa shape index (κ3) is 7.34. The van der Waals surface area contributed by atoms with E-state index in [-0.39, 0.29) is 0 Å². The Morgan fingerprint density at radius 1 is 1.41 bits per heavy atom. The molecule has 0 heterocycles. The molecule has 0 N–H and O–H groups in total. The Balaban J connectivity index is 1.85. The minimum atomic E-state index is 0.353. The molecule has 148 valence electrons. The number of nitrogens with zero attached hydrogens (tertiary/aromatic N) is 2. The SMILES string of the molecule is C=N/C=C\C(=C/C)CN(C)CC(C)[C@H]1CCC[C@@H](Oc2cccc(C)c2)C1. The van der Waals surface area contributed by atoms with Crippen LogP contribution in [0.5, 0.6) is 5.75 Å². The number of aliphatic imine (C=N–C) groups is 1. The van der Waals surface area contributed by atoms with Crippen molar-refractivity contribution < 1.29 is 4.74 Å². The van der Waals surface area contributed by atoms with Crippen LogP contribution in [0.1, 0.15) is 45.1 Å². The number of aryl methyl sites for hydroxylation is 1. The Bertz CT molecular complexity index is 650. The Labute approximate surface area is 165 Å². The lowest BCUT2D eigenvalue weighted by atomic mass is 9.79. The smallest absolute Gasteiger partial charge is 0.119 e. The summed E-state index contributed by atoms with van der Waals surface area (Å²) in [6.07, 6.45) is 11.2. The molecule has 1 unspecified atom stereocenters. The van der Waals surface area contributed by atoms with Gasteiger partial charge in [-0.25, -0.2) is 0 Å². The van der Waals surface area contributed by atoms with Gasteiger partial charge in [-0.1, -0.05) is 25.1 Å². The highest BCUT2D eigenvalue weighted by Gasteiger charge is 2.28. The molecule has 1 saturated carbocycles. The highest BCUT2D eigenvalue weighted by Crippen LogP contribution is 2.33. The van der Waals surface area contributed by atoms with Crippen LogP contribution in [0.3, 0.4) is 0 Å². The monoisotopic (exact) mass is 368 g/mol. The minimum absolute atomic E-state index is 0.353. The first kappa shape index (κ1) is 21.4. The second-order valence-electron chi connectivity index (χ2n) is 8.02. The summed E-state index contributed by atoms with van der Waals surface area (Å²) in [5, 5.41) is 0. The van der Waals surface area contributed by atoms with Crippen LogP contribution in [0.2, 0.25) is 0 Å². The lowest BCUT2D eigenvalue weighted by Gasteiger charge is -2.35. The first-order valence-corrected chi connectivity index (χ1v) is 10.2. The molecule has 1 aromatic rings. The summed E-state index contributed by atoms with van der Waals surface area (Å²) < 4.78 is 6.30. The Kier molecular flexibility index (Phi) is 8.80. The van der Waals surface area contributed by atoms with Gasteiger partial charge < -0.3 is 9.64 Å². The maximum atomic E-state index is 6.30. The number of likely N-dealkylation sites (N-methyl/N-ethyl adjacent to an activating group) is 1. The molecule has 1 aliphatic carbocycles. The van der Waals surface area contributed by atoms with E-state index in [1.807, 2.05) is 6.08 Å². The molecule has 0 spiro atoms. The van der Waals surface area contributed by atoms with Crippen LogP contribution in [-0.4, -0.2) is 37.9 Å². The molecule has 0 bridgehead atoms. The third-order valence-electron chi connectivity index (χ3n) is 5.58. The van der Waals surface area contributed by atoms with E-state index in [0.29, 0.717) is 12.0 Å². The van der Waals surface area contributed by atoms with E-state index in [2.05, 4.69) is 74.8 Å². The highest BCUT2D eigenvalue weighted by atomic mass is 16.5. The molecule has 2 rings (SSSR count). The second kappa shape index (κ2) is 11.1. The predicted molar refractivity (Wildman–Crippen MR) is 117 cm³/mol. The van der Waals surface area contributed by atoms with Crippen molar-refractivity contribution in [3.63, 3.8) is 0 Å². The minimum Gasteiger partial charge on any atom is -0.490 e. The van der Waals surface area contributed by atoms with E-state index >= 15 is 0 Å². The maximum absolute atomic E-state index is 6.30. The van der Waals surface area contributed by atoms with Gasteiger partial charge >= 0.3 is 0 Å². The standard InChI is InChI=1S/C24H36N2O/c1-6-21(13-14-25-4)18-26(5)17-20(3)22-10-8-12-24(16-22)27-23-11-7-9-19(2)15-23/h6-7,9,11,13-15,20,22,24H,4,8,10,12,16-18H2,1-3,5H3/b14-13-,21-6+/t20?,22-,24+/m0/s1. The van der Waals surface area contributed by atoms with E-state index in [0.717, 1.165) is 24.8 Å². The zero-order valence-corrected chi connectivity index (χ0v) is 17.5. The number of benzene rings is 1. The summed E-state index contributed by atoms with van der Waals surface area (Å²) in [7, 11) is 2.21. The Hall–Kier alpha value is -1.87. The lowest BCUT2D eigenvalue weighted by molar-refractivity contribution is 0.0932. The molecular formula is C24H36N2O. The fourth-order valence-corrected chi connectivity index (χ4v) is 4.09. The zero-order chi connectivity index (χ0) is 19.6. The molecule has 0 aliphatic heterocycles. The predicted octanol–water partition coefficient (Wildman–Crippen LogP) is 5.66. The van der Waals surface area contributed by atoms with Crippen molar-refractivity contribution in [3.8, 4) is 5.75 Å². The van der Waals surface area contributed by atoms with Crippen LogP contribution in [0.25, 0.3) is 0 Å². The zero-order valence-electron chi connectivity index (χ0n) is 17.5. The number of ether oxygens (including phenoxy) is 1. The van der Waals surface area contributed by atoms with Crippen LogP contribution < -0.4 is 4.74 Å². The van der Waals surface area contributed by atoms with E-state index in [1.54, 1.807) is 6.20 Å². The molecule has 3 atom stereocenters. The molecule has 3 heteroatoms. The molecule has 1 aromatic carbocycles. The third-order valence-corrected chi connectivity index (χ3v) is 5.58. The molecule has 0 saturated heterocycles. The van der Waals surface area contributed by atoms with E-state index in [9.17, 15) is 0 Å². The fraction of sp³-hybridized carbons (Fsp3) is 0.542. The summed E-state index contributed by atoms with van der Waals surface area (Å²) in [5.41, 5.74) is 2.54. The summed E-state index contributed by atoms with van der Waals surface area (Å²) in [6, 6.07) is 8.43. The first-order chi connectivity index (χ1) is 13.0. The van der Waals surface area contributed by atoms with Crippen molar-refractivity contribution in [2.45, 2.75) is 52.6 Å². The number of rotatable bonds is 9. The van der Waals surface area contributed by atoms with Gasteiger partial charge in [-0.2, -0.15) is 0 Å². The van der Waals surface area contributed by atoms with Crippen LogP contribution in [-0.2, 0) is 0 Å². The normalized spacial score (nSPS) is 22.2. The Morgan fingerprint density at radius 2 is 2.22 bits per heavy atom. The molecule has 0 amide bonds. The van der Waals surface area contributed by atoms with Gasteiger partial charge in [-0.3, -0.25) is 4.99 Å². The van der Waals surface area contributed by atoms with E-state index in [4.69, 9.17) is 4.74 Å². The largest absolute Gasteiger partial charge is 0.490 e. The van der Waals surface area contributed by atoms with Gasteiger partial charge in [-0.05, 0) is 94.5 Å². The average Bonchev–Trinajstić information content (AvgIpc) is 2.65. The van der Waals surface area contributed by atoms with Crippen LogP contribution in [0.4, 0.5) is 0 Å². The fourth-order valence-electron chi connectivity index (χ4n) is 4.09. The maximum Gasteiger partial charge on any atom is 0.119 e. The lowest BCUT2D eigenvalue weighted by Crippen LogP contribution is -2.34. The van der Waals surface area contributed by atoms with Gasteiger partial charge in [0, 0.05) is 19.3 Å². The van der Waals surface area contributed by atoms with E-state index < -0.39 is 0 Å². The van der Waals surface area contributed by atoms with Gasteiger partial charge in [0.1, 0.15) is 5.75 Å². The Morgan fingerprint density at radius 3 is 2.93 bits per heavy atom. The molecule has 27 heavy (non-hydrogen) atoms. The second-order valence-corrected chi connectivity index (χ2v) is 8.02. The quantitative estimate of drug-likeness (QED) is 0.415. The van der Waals surface area contributed by atoms with Crippen molar-refractivity contribution in [1.29, 1.82) is 0 Å². The van der Waals surface area contributed by atoms with Gasteiger partial charge in [-0.15, -0.1) is 0 Å². The highest BCUT2D eigenvalue weighted by molar-refractivity contribution is 5.28. The van der Waals surface area contributed by atoms with Gasteiger partial charge in [0.05, 0.1) is 6.10 Å². The van der Waals surface area contributed by atoms with Gasteiger partial charge in [0.2, 0.25) is 0 Å². The molecule has 1 aliphatic rings.